The summed E-state index contributed by atoms with van der Waals surface area (Å²) in [4.78, 5) is 2.32. The van der Waals surface area contributed by atoms with E-state index in [9.17, 15) is 0 Å². The maximum atomic E-state index is 6.17. The molecule has 1 aliphatic rings. The Bertz CT molecular complexity index is 728. The second kappa shape index (κ2) is 7.77. The molecule has 126 valence electrons. The van der Waals surface area contributed by atoms with Crippen LogP contribution < -0.4 is 9.64 Å². The van der Waals surface area contributed by atoms with Gasteiger partial charge in [0.25, 0.3) is 0 Å². The molecule has 0 spiro atoms. The van der Waals surface area contributed by atoms with Crippen molar-refractivity contribution in [1.29, 1.82) is 0 Å². The van der Waals surface area contributed by atoms with Crippen LogP contribution in [-0.2, 0) is 0 Å². The van der Waals surface area contributed by atoms with Crippen LogP contribution in [0.5, 0.6) is 5.75 Å². The summed E-state index contributed by atoms with van der Waals surface area (Å²) in [5.41, 5.74) is 2.00. The summed E-state index contributed by atoms with van der Waals surface area (Å²) in [5, 5.41) is 7.83. The number of ether oxygens (including phenoxy) is 1. The highest BCUT2D eigenvalue weighted by Gasteiger charge is 2.18. The van der Waals surface area contributed by atoms with Gasteiger partial charge in [0.15, 0.2) is 0 Å². The molecule has 24 heavy (non-hydrogen) atoms. The number of anilines is 1. The van der Waals surface area contributed by atoms with E-state index in [2.05, 4.69) is 21.1 Å². The third-order valence-electron chi connectivity index (χ3n) is 4.00. The van der Waals surface area contributed by atoms with E-state index in [1.807, 2.05) is 30.3 Å². The SMILES string of the molecule is COc1ccccc1N1CCN(N=Cc2ccc(Cl)cc2Cl)CC1. The van der Waals surface area contributed by atoms with Gasteiger partial charge in [-0.05, 0) is 24.3 Å². The maximum Gasteiger partial charge on any atom is 0.142 e. The lowest BCUT2D eigenvalue weighted by molar-refractivity contribution is 0.271. The van der Waals surface area contributed by atoms with E-state index in [1.165, 1.54) is 0 Å². The molecule has 0 atom stereocenters. The molecular weight excluding hydrogens is 345 g/mol. The van der Waals surface area contributed by atoms with E-state index in [0.717, 1.165) is 43.2 Å². The third kappa shape index (κ3) is 3.94. The smallest absolute Gasteiger partial charge is 0.142 e. The molecule has 2 aromatic rings. The van der Waals surface area contributed by atoms with Crippen LogP contribution in [0, 0.1) is 0 Å². The van der Waals surface area contributed by atoms with Crippen LogP contribution in [-0.4, -0.2) is 44.5 Å². The third-order valence-corrected chi connectivity index (χ3v) is 4.57. The average molecular weight is 364 g/mol. The molecule has 0 aliphatic carbocycles. The highest BCUT2D eigenvalue weighted by molar-refractivity contribution is 6.36. The molecule has 2 aromatic carbocycles. The average Bonchev–Trinajstić information content (AvgIpc) is 2.61. The number of nitrogens with zero attached hydrogens (tertiary/aromatic N) is 3. The zero-order valence-corrected chi connectivity index (χ0v) is 15.0. The van der Waals surface area contributed by atoms with Crippen molar-refractivity contribution < 1.29 is 4.74 Å². The summed E-state index contributed by atoms with van der Waals surface area (Å²) in [6.07, 6.45) is 1.79. The molecule has 0 unspecified atom stereocenters. The summed E-state index contributed by atoms with van der Waals surface area (Å²) in [7, 11) is 1.70. The minimum Gasteiger partial charge on any atom is -0.495 e. The van der Waals surface area contributed by atoms with Crippen molar-refractivity contribution in [3.63, 3.8) is 0 Å². The zero-order valence-electron chi connectivity index (χ0n) is 13.5. The fourth-order valence-corrected chi connectivity index (χ4v) is 3.15. The quantitative estimate of drug-likeness (QED) is 0.763. The van der Waals surface area contributed by atoms with Crippen LogP contribution in [0.25, 0.3) is 0 Å². The van der Waals surface area contributed by atoms with Crippen LogP contribution in [0.2, 0.25) is 10.0 Å². The zero-order chi connectivity index (χ0) is 16.9. The Balaban J connectivity index is 1.62. The highest BCUT2D eigenvalue weighted by Crippen LogP contribution is 2.28. The molecule has 0 amide bonds. The van der Waals surface area contributed by atoms with Gasteiger partial charge in [0.05, 0.1) is 37.1 Å². The number of para-hydroxylation sites is 2. The van der Waals surface area contributed by atoms with Crippen LogP contribution in [0.3, 0.4) is 0 Å². The van der Waals surface area contributed by atoms with Crippen molar-refractivity contribution >= 4 is 35.1 Å². The molecule has 3 rings (SSSR count). The fourth-order valence-electron chi connectivity index (χ4n) is 2.69. The van der Waals surface area contributed by atoms with E-state index in [1.54, 1.807) is 19.4 Å². The van der Waals surface area contributed by atoms with Gasteiger partial charge in [0.1, 0.15) is 5.75 Å². The number of methoxy groups -OCH3 is 1. The highest BCUT2D eigenvalue weighted by atomic mass is 35.5. The monoisotopic (exact) mass is 363 g/mol. The number of rotatable bonds is 4. The molecule has 0 radical (unpaired) electrons. The molecule has 4 nitrogen and oxygen atoms in total. The lowest BCUT2D eigenvalue weighted by atomic mass is 10.2. The van der Waals surface area contributed by atoms with E-state index in [4.69, 9.17) is 27.9 Å². The van der Waals surface area contributed by atoms with Crippen molar-refractivity contribution in [2.45, 2.75) is 0 Å². The standard InChI is InChI=1S/C18H19Cl2N3O/c1-24-18-5-3-2-4-17(18)22-8-10-23(11-9-22)21-13-14-6-7-15(19)12-16(14)20/h2-7,12-13H,8-11H2,1H3. The number of halogens is 2. The lowest BCUT2D eigenvalue weighted by Gasteiger charge is -2.35. The van der Waals surface area contributed by atoms with Gasteiger partial charge in [-0.2, -0.15) is 5.10 Å². The van der Waals surface area contributed by atoms with Gasteiger partial charge in [0, 0.05) is 23.7 Å². The van der Waals surface area contributed by atoms with E-state index in [-0.39, 0.29) is 0 Å². The Kier molecular flexibility index (Phi) is 5.48. The number of hydrogen-bond acceptors (Lipinski definition) is 4. The topological polar surface area (TPSA) is 28.1 Å². The minimum absolute atomic E-state index is 0.610. The predicted octanol–water partition coefficient (Wildman–Crippen LogP) is 4.16. The number of piperazine rings is 1. The molecular formula is C18H19Cl2N3O. The van der Waals surface area contributed by atoms with Gasteiger partial charge in [-0.1, -0.05) is 41.4 Å². The fraction of sp³-hybridized carbons (Fsp3) is 0.278. The first kappa shape index (κ1) is 16.9. The largest absolute Gasteiger partial charge is 0.495 e. The van der Waals surface area contributed by atoms with Gasteiger partial charge in [-0.15, -0.1) is 0 Å². The van der Waals surface area contributed by atoms with Gasteiger partial charge in [-0.3, -0.25) is 5.01 Å². The van der Waals surface area contributed by atoms with Crippen molar-refractivity contribution in [2.24, 2.45) is 5.10 Å². The van der Waals surface area contributed by atoms with Gasteiger partial charge >= 0.3 is 0 Å². The van der Waals surface area contributed by atoms with Crippen molar-refractivity contribution in [2.75, 3.05) is 38.2 Å². The van der Waals surface area contributed by atoms with Crippen LogP contribution >= 0.6 is 23.2 Å². The number of hydrogen-bond donors (Lipinski definition) is 0. The minimum atomic E-state index is 0.610. The molecule has 1 fully saturated rings. The van der Waals surface area contributed by atoms with Gasteiger partial charge in [0.2, 0.25) is 0 Å². The molecule has 1 saturated heterocycles. The van der Waals surface area contributed by atoms with Crippen LogP contribution in [0.1, 0.15) is 5.56 Å². The normalized spacial score (nSPS) is 15.1. The van der Waals surface area contributed by atoms with Gasteiger partial charge < -0.3 is 9.64 Å². The molecule has 6 heteroatoms. The predicted molar refractivity (Wildman–Crippen MR) is 101 cm³/mol. The lowest BCUT2D eigenvalue weighted by Crippen LogP contribution is -2.44. The summed E-state index contributed by atoms with van der Waals surface area (Å²) in [5.74, 6) is 0.905. The molecule has 0 aromatic heterocycles. The summed E-state index contributed by atoms with van der Waals surface area (Å²) >= 11 is 12.1. The van der Waals surface area contributed by atoms with Crippen molar-refractivity contribution in [1.82, 2.24) is 5.01 Å². The maximum absolute atomic E-state index is 6.17. The van der Waals surface area contributed by atoms with E-state index >= 15 is 0 Å². The van der Waals surface area contributed by atoms with E-state index in [0.29, 0.717) is 10.0 Å². The van der Waals surface area contributed by atoms with Crippen molar-refractivity contribution in [3.8, 4) is 5.75 Å². The number of hydrazone groups is 1. The number of benzene rings is 2. The Labute approximate surface area is 152 Å². The first-order valence-corrected chi connectivity index (χ1v) is 8.55. The Morgan fingerprint density at radius 2 is 1.79 bits per heavy atom. The summed E-state index contributed by atoms with van der Waals surface area (Å²) < 4.78 is 5.44. The Hall–Kier alpha value is -1.91. The Morgan fingerprint density at radius 1 is 1.04 bits per heavy atom. The first-order valence-electron chi connectivity index (χ1n) is 7.79. The molecule has 0 saturated carbocycles. The second-order valence-corrected chi connectivity index (χ2v) is 6.37. The van der Waals surface area contributed by atoms with Gasteiger partial charge in [-0.25, -0.2) is 0 Å². The van der Waals surface area contributed by atoms with Crippen molar-refractivity contribution in [3.05, 3.63) is 58.1 Å². The molecule has 0 bridgehead atoms. The van der Waals surface area contributed by atoms with Crippen LogP contribution in [0.4, 0.5) is 5.69 Å². The van der Waals surface area contributed by atoms with Crippen LogP contribution in [0.15, 0.2) is 47.6 Å². The Morgan fingerprint density at radius 3 is 2.50 bits per heavy atom. The first-order chi connectivity index (χ1) is 11.7. The molecule has 1 aliphatic heterocycles. The summed E-state index contributed by atoms with van der Waals surface area (Å²) in [6.45, 7) is 3.48. The molecule has 1 heterocycles. The summed E-state index contributed by atoms with van der Waals surface area (Å²) in [6, 6.07) is 13.5. The molecule has 0 N–H and O–H groups in total. The van der Waals surface area contributed by atoms with E-state index < -0.39 is 0 Å². The second-order valence-electron chi connectivity index (χ2n) is 5.52.